The van der Waals surface area contributed by atoms with Crippen molar-refractivity contribution in [2.24, 2.45) is 4.99 Å². The molecule has 1 aliphatic rings. The Kier molecular flexibility index (Phi) is 5.06. The van der Waals surface area contributed by atoms with E-state index in [2.05, 4.69) is 10.3 Å². The molecule has 0 aromatic heterocycles. The average molecular weight is 358 g/mol. The summed E-state index contributed by atoms with van der Waals surface area (Å²) in [6, 6.07) is 12.0. The number of amides is 1. The molecule has 0 aliphatic heterocycles. The van der Waals surface area contributed by atoms with Crippen molar-refractivity contribution in [2.45, 2.75) is 18.6 Å². The number of aliphatic imine (C=N–C) groups is 1. The van der Waals surface area contributed by atoms with E-state index in [0.717, 1.165) is 16.8 Å². The van der Waals surface area contributed by atoms with Crippen molar-refractivity contribution in [1.82, 2.24) is 10.2 Å². The molecule has 130 valence electrons. The second-order valence-corrected chi connectivity index (χ2v) is 6.76. The lowest BCUT2D eigenvalue weighted by molar-refractivity contribution is 0.0858. The van der Waals surface area contributed by atoms with Gasteiger partial charge in [0.2, 0.25) is 0 Å². The Labute approximate surface area is 152 Å². The van der Waals surface area contributed by atoms with Crippen LogP contribution >= 0.6 is 11.6 Å². The zero-order valence-corrected chi connectivity index (χ0v) is 14.9. The fourth-order valence-electron chi connectivity index (χ4n) is 2.87. The van der Waals surface area contributed by atoms with Crippen LogP contribution in [0.25, 0.3) is 0 Å². The highest BCUT2D eigenvalue weighted by atomic mass is 35.5. The monoisotopic (exact) mass is 357 g/mol. The zero-order chi connectivity index (χ0) is 18.0. The molecule has 5 nitrogen and oxygen atoms in total. The van der Waals surface area contributed by atoms with Crippen LogP contribution in [-0.2, 0) is 6.42 Å². The van der Waals surface area contributed by atoms with Crippen molar-refractivity contribution in [3.63, 3.8) is 0 Å². The fourth-order valence-corrected chi connectivity index (χ4v) is 3.00. The zero-order valence-electron chi connectivity index (χ0n) is 14.1. The second kappa shape index (κ2) is 7.25. The predicted molar refractivity (Wildman–Crippen MR) is 99.7 cm³/mol. The van der Waals surface area contributed by atoms with Gasteiger partial charge in [-0.05, 0) is 47.5 Å². The molecule has 2 atom stereocenters. The smallest absolute Gasteiger partial charge is 0.251 e. The normalized spacial score (nSPS) is 19.0. The Balaban J connectivity index is 1.82. The summed E-state index contributed by atoms with van der Waals surface area (Å²) in [5, 5.41) is 13.9. The quantitative estimate of drug-likeness (QED) is 0.653. The van der Waals surface area contributed by atoms with Crippen molar-refractivity contribution >= 4 is 29.5 Å². The van der Waals surface area contributed by atoms with Crippen LogP contribution in [0.15, 0.2) is 47.5 Å². The molecule has 1 aliphatic carbocycles. The minimum absolute atomic E-state index is 0.240. The molecule has 2 aromatic rings. The average Bonchev–Trinajstić information content (AvgIpc) is 2.88. The number of nitrogens with zero attached hydrogens (tertiary/aromatic N) is 2. The third-order valence-electron chi connectivity index (χ3n) is 4.11. The van der Waals surface area contributed by atoms with Crippen LogP contribution in [0.4, 0.5) is 5.69 Å². The van der Waals surface area contributed by atoms with Gasteiger partial charge in [0.25, 0.3) is 5.91 Å². The number of halogens is 1. The Hall–Kier alpha value is -2.37. The van der Waals surface area contributed by atoms with E-state index in [9.17, 15) is 9.90 Å². The standard InChI is InChI=1S/C19H20ClN3O2/c1-23(2)11-21-15-8-5-13-9-17(24)18(16(13)10-15)22-19(25)12-3-6-14(20)7-4-12/h3-8,10-11,17-18,24H,9H2,1-2H3,(H,22,25). The maximum Gasteiger partial charge on any atom is 0.251 e. The third-order valence-corrected chi connectivity index (χ3v) is 4.36. The van der Waals surface area contributed by atoms with E-state index in [1.807, 2.05) is 37.2 Å². The summed E-state index contributed by atoms with van der Waals surface area (Å²) in [5.74, 6) is -0.240. The van der Waals surface area contributed by atoms with Crippen LogP contribution in [0.5, 0.6) is 0 Å². The highest BCUT2D eigenvalue weighted by Crippen LogP contribution is 2.34. The maximum absolute atomic E-state index is 12.5. The summed E-state index contributed by atoms with van der Waals surface area (Å²) < 4.78 is 0. The Morgan fingerprint density at radius 2 is 2.00 bits per heavy atom. The minimum Gasteiger partial charge on any atom is -0.390 e. The number of nitrogens with one attached hydrogen (secondary N) is 1. The second-order valence-electron chi connectivity index (χ2n) is 6.32. The maximum atomic E-state index is 12.5. The molecule has 25 heavy (non-hydrogen) atoms. The van der Waals surface area contributed by atoms with E-state index in [-0.39, 0.29) is 5.91 Å². The first-order chi connectivity index (χ1) is 11.9. The SMILES string of the molecule is CN(C)C=Nc1ccc2c(c1)C(NC(=O)c1ccc(Cl)cc1)C(O)C2. The molecule has 6 heteroatoms. The number of benzene rings is 2. The predicted octanol–water partition coefficient (Wildman–Crippen LogP) is 2.95. The van der Waals surface area contributed by atoms with Crippen molar-refractivity contribution in [2.75, 3.05) is 14.1 Å². The molecule has 2 aromatic carbocycles. The van der Waals surface area contributed by atoms with E-state index >= 15 is 0 Å². The molecular formula is C19H20ClN3O2. The van der Waals surface area contributed by atoms with Crippen LogP contribution in [-0.4, -0.2) is 42.5 Å². The third kappa shape index (κ3) is 4.00. The number of carbonyl (C=O) groups excluding carboxylic acids is 1. The summed E-state index contributed by atoms with van der Waals surface area (Å²) in [4.78, 5) is 18.7. The van der Waals surface area contributed by atoms with Gasteiger partial charge < -0.3 is 15.3 Å². The highest BCUT2D eigenvalue weighted by Gasteiger charge is 2.32. The highest BCUT2D eigenvalue weighted by molar-refractivity contribution is 6.30. The van der Waals surface area contributed by atoms with Gasteiger partial charge in [-0.2, -0.15) is 0 Å². The number of aliphatic hydroxyl groups is 1. The number of hydrogen-bond acceptors (Lipinski definition) is 3. The van der Waals surface area contributed by atoms with Crippen LogP contribution in [0.2, 0.25) is 5.02 Å². The first kappa shape index (κ1) is 17.5. The molecule has 0 heterocycles. The van der Waals surface area contributed by atoms with Gasteiger partial charge in [-0.15, -0.1) is 0 Å². The van der Waals surface area contributed by atoms with Gasteiger partial charge in [0.05, 0.1) is 24.2 Å². The van der Waals surface area contributed by atoms with E-state index in [1.165, 1.54) is 0 Å². The summed E-state index contributed by atoms with van der Waals surface area (Å²) in [6.45, 7) is 0. The van der Waals surface area contributed by atoms with Crippen molar-refractivity contribution in [3.8, 4) is 0 Å². The molecule has 0 bridgehead atoms. The summed E-state index contributed by atoms with van der Waals surface area (Å²) in [7, 11) is 3.80. The Morgan fingerprint density at radius 3 is 2.68 bits per heavy atom. The molecule has 0 saturated carbocycles. The molecule has 0 radical (unpaired) electrons. The van der Waals surface area contributed by atoms with Crippen LogP contribution in [0.3, 0.4) is 0 Å². The van der Waals surface area contributed by atoms with E-state index < -0.39 is 12.1 Å². The molecular weight excluding hydrogens is 338 g/mol. The lowest BCUT2D eigenvalue weighted by Gasteiger charge is -2.18. The van der Waals surface area contributed by atoms with Crippen LogP contribution in [0, 0.1) is 0 Å². The van der Waals surface area contributed by atoms with E-state index in [0.29, 0.717) is 17.0 Å². The van der Waals surface area contributed by atoms with Gasteiger partial charge >= 0.3 is 0 Å². The number of rotatable bonds is 4. The van der Waals surface area contributed by atoms with Gasteiger partial charge in [-0.25, -0.2) is 4.99 Å². The van der Waals surface area contributed by atoms with E-state index in [1.54, 1.807) is 30.6 Å². The lowest BCUT2D eigenvalue weighted by Crippen LogP contribution is -2.33. The topological polar surface area (TPSA) is 64.9 Å². The molecule has 0 fully saturated rings. The van der Waals surface area contributed by atoms with Gasteiger partial charge in [-0.1, -0.05) is 17.7 Å². The molecule has 3 rings (SSSR count). The van der Waals surface area contributed by atoms with Crippen molar-refractivity contribution in [3.05, 3.63) is 64.2 Å². The van der Waals surface area contributed by atoms with Gasteiger partial charge in [0, 0.05) is 31.1 Å². The van der Waals surface area contributed by atoms with Crippen molar-refractivity contribution < 1.29 is 9.90 Å². The molecule has 2 N–H and O–H groups in total. The van der Waals surface area contributed by atoms with Crippen molar-refractivity contribution in [1.29, 1.82) is 0 Å². The number of hydrogen-bond donors (Lipinski definition) is 2. The largest absolute Gasteiger partial charge is 0.390 e. The lowest BCUT2D eigenvalue weighted by atomic mass is 10.1. The fraction of sp³-hybridized carbons (Fsp3) is 0.263. The van der Waals surface area contributed by atoms with Crippen LogP contribution in [0.1, 0.15) is 27.5 Å². The Bertz CT molecular complexity index is 803. The molecule has 0 saturated heterocycles. The van der Waals surface area contributed by atoms with E-state index in [4.69, 9.17) is 11.6 Å². The van der Waals surface area contributed by atoms with Gasteiger partial charge in [-0.3, -0.25) is 4.79 Å². The summed E-state index contributed by atoms with van der Waals surface area (Å²) in [5.41, 5.74) is 3.22. The Morgan fingerprint density at radius 1 is 1.28 bits per heavy atom. The number of fused-ring (bicyclic) bond motifs is 1. The minimum atomic E-state index is -0.653. The molecule has 0 spiro atoms. The van der Waals surface area contributed by atoms with Gasteiger partial charge in [0.1, 0.15) is 0 Å². The first-order valence-corrected chi connectivity index (χ1v) is 8.40. The van der Waals surface area contributed by atoms with Gasteiger partial charge in [0.15, 0.2) is 0 Å². The summed E-state index contributed by atoms with van der Waals surface area (Å²) in [6.07, 6.45) is 1.58. The van der Waals surface area contributed by atoms with Crippen LogP contribution < -0.4 is 5.32 Å². The molecule has 2 unspecified atom stereocenters. The first-order valence-electron chi connectivity index (χ1n) is 8.02. The number of carbonyl (C=O) groups is 1. The number of aliphatic hydroxyl groups excluding tert-OH is 1. The molecule has 1 amide bonds. The summed E-state index contributed by atoms with van der Waals surface area (Å²) >= 11 is 5.86.